The van der Waals surface area contributed by atoms with Gasteiger partial charge in [-0.15, -0.1) is 0 Å². The first-order valence-corrected chi connectivity index (χ1v) is 14.1. The lowest BCUT2D eigenvalue weighted by molar-refractivity contribution is -0.143. The Hall–Kier alpha value is -3.56. The highest BCUT2D eigenvalue weighted by atomic mass is 32.2. The Morgan fingerprint density at radius 2 is 1.74 bits per heavy atom. The van der Waals surface area contributed by atoms with Crippen LogP contribution in [-0.2, 0) is 14.3 Å². The molecule has 3 aliphatic heterocycles. The van der Waals surface area contributed by atoms with Crippen molar-refractivity contribution in [2.75, 3.05) is 33.2 Å². The molecule has 3 heterocycles. The lowest BCUT2D eigenvalue weighted by Gasteiger charge is -2.37. The number of likely N-dealkylation sites (N-methyl/N-ethyl adjacent to an activating group) is 1. The van der Waals surface area contributed by atoms with Gasteiger partial charge in [0.1, 0.15) is 11.5 Å². The molecule has 8 nitrogen and oxygen atoms in total. The molecule has 39 heavy (non-hydrogen) atoms. The van der Waals surface area contributed by atoms with Gasteiger partial charge in [0.25, 0.3) is 0 Å². The summed E-state index contributed by atoms with van der Waals surface area (Å²) in [6.07, 6.45) is -0.0452. The van der Waals surface area contributed by atoms with Gasteiger partial charge in [-0.2, -0.15) is 0 Å². The number of hydrogen-bond acceptors (Lipinski definition) is 8. The average Bonchev–Trinajstić information content (AvgIpc) is 3.30. The first-order chi connectivity index (χ1) is 18.8. The lowest BCUT2D eigenvalue weighted by Crippen LogP contribution is -2.47. The Balaban J connectivity index is 1.49. The number of hydrogen-bond donors (Lipinski definition) is 0. The van der Waals surface area contributed by atoms with Crippen molar-refractivity contribution in [2.24, 2.45) is 4.99 Å². The zero-order valence-corrected chi connectivity index (χ0v) is 23.6. The maximum atomic E-state index is 13.5. The summed E-state index contributed by atoms with van der Waals surface area (Å²) >= 11 is 1.48. The van der Waals surface area contributed by atoms with E-state index < -0.39 is 12.0 Å². The largest absolute Gasteiger partial charge is 0.459 e. The number of ether oxygens (including phenoxy) is 2. The molecule has 0 spiro atoms. The molecule has 5 rings (SSSR count). The van der Waals surface area contributed by atoms with Gasteiger partial charge in [0.05, 0.1) is 29.8 Å². The van der Waals surface area contributed by atoms with Crippen LogP contribution in [0.25, 0.3) is 0 Å². The van der Waals surface area contributed by atoms with Gasteiger partial charge in [-0.3, -0.25) is 4.79 Å². The Morgan fingerprint density at radius 1 is 1.03 bits per heavy atom. The summed E-state index contributed by atoms with van der Waals surface area (Å²) in [5, 5.41) is 2.72. The number of aliphatic imine (C=N–C) groups is 1. The summed E-state index contributed by atoms with van der Waals surface area (Å²) in [5.41, 5.74) is 2.75. The maximum absolute atomic E-state index is 13.5. The van der Waals surface area contributed by atoms with Crippen LogP contribution in [0.5, 0.6) is 11.5 Å². The average molecular weight is 547 g/mol. The van der Waals surface area contributed by atoms with E-state index in [0.717, 1.165) is 35.3 Å². The highest BCUT2D eigenvalue weighted by Gasteiger charge is 2.41. The summed E-state index contributed by atoms with van der Waals surface area (Å²) in [6.45, 7) is 8.65. The van der Waals surface area contributed by atoms with E-state index in [1.165, 1.54) is 11.8 Å². The molecule has 2 aromatic carbocycles. The van der Waals surface area contributed by atoms with E-state index in [0.29, 0.717) is 30.1 Å². The molecular weight excluding hydrogens is 512 g/mol. The van der Waals surface area contributed by atoms with Crippen LogP contribution in [0.3, 0.4) is 0 Å². The van der Waals surface area contributed by atoms with Crippen molar-refractivity contribution in [3.63, 3.8) is 0 Å². The molecule has 1 saturated heterocycles. The monoisotopic (exact) mass is 546 g/mol. The highest BCUT2D eigenvalue weighted by molar-refractivity contribution is 8.16. The minimum absolute atomic E-state index is 0.0775. The molecule has 0 radical (unpaired) electrons. The predicted octanol–water partition coefficient (Wildman–Crippen LogP) is 5.17. The number of benzene rings is 2. The molecule has 0 aliphatic carbocycles. The molecule has 1 amide bonds. The van der Waals surface area contributed by atoms with Crippen molar-refractivity contribution < 1.29 is 19.1 Å². The second-order valence-corrected chi connectivity index (χ2v) is 11.0. The molecular formula is C30H34N4O4S. The highest BCUT2D eigenvalue weighted by Crippen LogP contribution is 2.45. The number of nitrogens with zero attached hydrogens (tertiary/aromatic N) is 4. The topological polar surface area (TPSA) is 74.7 Å². The normalized spacial score (nSPS) is 19.6. The van der Waals surface area contributed by atoms with Crippen LogP contribution < -0.4 is 4.74 Å². The smallest absolute Gasteiger partial charge is 0.338 e. The summed E-state index contributed by atoms with van der Waals surface area (Å²) in [6, 6.07) is 16.8. The number of amides is 1. The molecule has 0 bridgehead atoms. The fraction of sp³-hybridized carbons (Fsp3) is 0.367. The number of piperazine rings is 1. The van der Waals surface area contributed by atoms with Crippen LogP contribution >= 0.6 is 11.8 Å². The van der Waals surface area contributed by atoms with Gasteiger partial charge < -0.3 is 24.2 Å². The minimum atomic E-state index is -0.510. The van der Waals surface area contributed by atoms with E-state index in [2.05, 4.69) is 11.9 Å². The van der Waals surface area contributed by atoms with Crippen molar-refractivity contribution in [1.29, 1.82) is 0 Å². The fourth-order valence-corrected chi connectivity index (χ4v) is 5.88. The molecule has 0 aromatic heterocycles. The number of fused-ring (bicyclic) bond motifs is 1. The van der Waals surface area contributed by atoms with Crippen molar-refractivity contribution in [1.82, 2.24) is 14.7 Å². The predicted molar refractivity (Wildman–Crippen MR) is 153 cm³/mol. The number of rotatable bonds is 7. The molecule has 3 aliphatic rings. The van der Waals surface area contributed by atoms with E-state index in [1.807, 2.05) is 90.6 Å². The summed E-state index contributed by atoms with van der Waals surface area (Å²) in [5.74, 6) is 1.05. The Morgan fingerprint density at radius 3 is 2.46 bits per heavy atom. The first-order valence-electron chi connectivity index (χ1n) is 13.2. The first kappa shape index (κ1) is 27.0. The van der Waals surface area contributed by atoms with Crippen LogP contribution in [0, 0.1) is 0 Å². The van der Waals surface area contributed by atoms with E-state index in [-0.39, 0.29) is 18.4 Å². The molecule has 0 N–H and O–H groups in total. The Labute approximate surface area is 234 Å². The third-order valence-corrected chi connectivity index (χ3v) is 7.79. The SMILES string of the molecule is CC1=C(C(=O)OC(C)C)[C@@H](c2cccc(Oc3ccccc3)c2)N2C(CC(=O)N3CCN(C)CC3)=CSC2=N1. The number of carbonyl (C=O) groups is 2. The van der Waals surface area contributed by atoms with Gasteiger partial charge in [0.2, 0.25) is 5.91 Å². The van der Waals surface area contributed by atoms with Crippen molar-refractivity contribution in [2.45, 2.75) is 39.3 Å². The standard InChI is InChI=1S/C30H34N4O4S/c1-20(2)37-29(36)27-21(3)31-30-34(23(19-39-30)18-26(35)33-15-13-32(4)14-16-33)28(27)22-9-8-12-25(17-22)38-24-10-6-5-7-11-24/h5-12,17,19-20,28H,13-16,18H2,1-4H3/t28-/m1/s1. The number of amidine groups is 1. The summed E-state index contributed by atoms with van der Waals surface area (Å²) < 4.78 is 11.8. The van der Waals surface area contributed by atoms with Gasteiger partial charge in [0, 0.05) is 31.9 Å². The van der Waals surface area contributed by atoms with Crippen LogP contribution in [-0.4, -0.2) is 71.1 Å². The van der Waals surface area contributed by atoms with Crippen LogP contribution in [0.15, 0.2) is 82.0 Å². The van der Waals surface area contributed by atoms with Crippen molar-refractivity contribution in [3.05, 3.63) is 82.5 Å². The molecule has 0 saturated carbocycles. The van der Waals surface area contributed by atoms with E-state index >= 15 is 0 Å². The van der Waals surface area contributed by atoms with Crippen molar-refractivity contribution in [3.8, 4) is 11.5 Å². The minimum Gasteiger partial charge on any atom is -0.459 e. The zero-order valence-electron chi connectivity index (χ0n) is 22.8. The molecule has 1 atom stereocenters. The molecule has 2 aromatic rings. The third-order valence-electron chi connectivity index (χ3n) is 6.90. The molecule has 1 fully saturated rings. The second kappa shape index (κ2) is 11.7. The lowest BCUT2D eigenvalue weighted by atomic mass is 9.93. The Kier molecular flexibility index (Phi) is 8.09. The number of esters is 1. The maximum Gasteiger partial charge on any atom is 0.338 e. The van der Waals surface area contributed by atoms with Gasteiger partial charge in [-0.05, 0) is 63.1 Å². The molecule has 0 unspecified atom stereocenters. The van der Waals surface area contributed by atoms with Gasteiger partial charge in [0.15, 0.2) is 5.17 Å². The van der Waals surface area contributed by atoms with E-state index in [1.54, 1.807) is 0 Å². The van der Waals surface area contributed by atoms with Crippen LogP contribution in [0.1, 0.15) is 38.8 Å². The molecule has 9 heteroatoms. The number of allylic oxidation sites excluding steroid dienone is 1. The third kappa shape index (κ3) is 6.04. The zero-order chi connectivity index (χ0) is 27.5. The van der Waals surface area contributed by atoms with Gasteiger partial charge in [-0.25, -0.2) is 9.79 Å². The van der Waals surface area contributed by atoms with Gasteiger partial charge >= 0.3 is 5.97 Å². The molecule has 204 valence electrons. The van der Waals surface area contributed by atoms with Crippen LogP contribution in [0.2, 0.25) is 0 Å². The second-order valence-electron chi connectivity index (χ2n) is 10.2. The Bertz CT molecular complexity index is 1330. The van der Waals surface area contributed by atoms with E-state index in [4.69, 9.17) is 14.5 Å². The number of para-hydroxylation sites is 1. The number of carbonyl (C=O) groups excluding carboxylic acids is 2. The van der Waals surface area contributed by atoms with Gasteiger partial charge in [-0.1, -0.05) is 42.1 Å². The summed E-state index contributed by atoms with van der Waals surface area (Å²) in [4.78, 5) is 37.7. The summed E-state index contributed by atoms with van der Waals surface area (Å²) in [7, 11) is 2.07. The fourth-order valence-electron chi connectivity index (χ4n) is 4.92. The van der Waals surface area contributed by atoms with Crippen LogP contribution in [0.4, 0.5) is 0 Å². The van der Waals surface area contributed by atoms with Crippen molar-refractivity contribution >= 4 is 28.8 Å². The number of thioether (sulfide) groups is 1. The quantitative estimate of drug-likeness (QED) is 0.444. The van der Waals surface area contributed by atoms with E-state index in [9.17, 15) is 9.59 Å².